The Labute approximate surface area is 118 Å². The molecule has 2 aromatic rings. The molecule has 0 unspecified atom stereocenters. The van der Waals surface area contributed by atoms with Crippen LogP contribution in [0.15, 0.2) is 18.3 Å². The van der Waals surface area contributed by atoms with E-state index in [9.17, 15) is 0 Å². The number of anilines is 1. The molecular formula is C14H19N5O. The first kappa shape index (κ1) is 14.2. The number of nitrogens with one attached hydrogen (secondary N) is 1. The minimum atomic E-state index is 0.502. The monoisotopic (exact) mass is 273 g/mol. The fraction of sp³-hybridized carbons (Fsp3) is 0.357. The average Bonchev–Trinajstić information content (AvgIpc) is 2.45. The average molecular weight is 273 g/mol. The van der Waals surface area contributed by atoms with Crippen LogP contribution in [0.4, 0.5) is 5.82 Å². The number of pyridine rings is 1. The second-order valence-electron chi connectivity index (χ2n) is 4.55. The maximum atomic E-state index is 5.78. The fourth-order valence-corrected chi connectivity index (χ4v) is 1.74. The van der Waals surface area contributed by atoms with Gasteiger partial charge in [0.1, 0.15) is 17.4 Å². The fourth-order valence-electron chi connectivity index (χ4n) is 1.74. The highest BCUT2D eigenvalue weighted by Gasteiger charge is 2.12. The van der Waals surface area contributed by atoms with Crippen molar-refractivity contribution in [3.63, 3.8) is 0 Å². The molecule has 2 rings (SSSR count). The lowest BCUT2D eigenvalue weighted by Gasteiger charge is -2.12. The third-order valence-electron chi connectivity index (χ3n) is 2.86. The van der Waals surface area contributed by atoms with E-state index in [0.717, 1.165) is 24.1 Å². The van der Waals surface area contributed by atoms with Crippen LogP contribution in [-0.4, -0.2) is 15.0 Å². The number of hydrazine groups is 1. The standard InChI is InChI=1S/C14H19N5O/c1-4-5-12-17-13(19-15)10(3)14(18-12)20-11-7-6-9(2)16-8-11/h6-8H,4-5,15H2,1-3H3,(H,17,18,19). The highest BCUT2D eigenvalue weighted by molar-refractivity contribution is 5.48. The molecule has 0 aliphatic heterocycles. The Morgan fingerprint density at radius 1 is 1.25 bits per heavy atom. The summed E-state index contributed by atoms with van der Waals surface area (Å²) in [5.74, 6) is 7.92. The predicted molar refractivity (Wildman–Crippen MR) is 77.6 cm³/mol. The van der Waals surface area contributed by atoms with Gasteiger partial charge >= 0.3 is 0 Å². The molecule has 20 heavy (non-hydrogen) atoms. The lowest BCUT2D eigenvalue weighted by molar-refractivity contribution is 0.452. The molecule has 0 fully saturated rings. The topological polar surface area (TPSA) is 86.0 Å². The molecule has 6 heteroatoms. The van der Waals surface area contributed by atoms with Crippen molar-refractivity contribution in [1.29, 1.82) is 0 Å². The van der Waals surface area contributed by atoms with Crippen LogP contribution >= 0.6 is 0 Å². The van der Waals surface area contributed by atoms with E-state index in [1.54, 1.807) is 6.20 Å². The van der Waals surface area contributed by atoms with E-state index in [2.05, 4.69) is 27.3 Å². The van der Waals surface area contributed by atoms with Gasteiger partial charge in [0, 0.05) is 12.1 Å². The van der Waals surface area contributed by atoms with Gasteiger partial charge in [0.25, 0.3) is 0 Å². The summed E-state index contributed by atoms with van der Waals surface area (Å²) < 4.78 is 5.78. The number of nitrogens with two attached hydrogens (primary N) is 1. The Bertz CT molecular complexity index is 583. The van der Waals surface area contributed by atoms with Crippen molar-refractivity contribution in [2.45, 2.75) is 33.6 Å². The van der Waals surface area contributed by atoms with E-state index in [4.69, 9.17) is 10.6 Å². The van der Waals surface area contributed by atoms with Crippen molar-refractivity contribution in [1.82, 2.24) is 15.0 Å². The lowest BCUT2D eigenvalue weighted by Crippen LogP contribution is -2.13. The first-order valence-electron chi connectivity index (χ1n) is 6.58. The van der Waals surface area contributed by atoms with Crippen LogP contribution in [0.1, 0.15) is 30.4 Å². The SMILES string of the molecule is CCCc1nc(NN)c(C)c(Oc2ccc(C)nc2)n1. The van der Waals surface area contributed by atoms with Gasteiger partial charge in [-0.25, -0.2) is 10.8 Å². The van der Waals surface area contributed by atoms with Gasteiger partial charge in [-0.2, -0.15) is 4.98 Å². The number of rotatable bonds is 5. The molecule has 2 aromatic heterocycles. The van der Waals surface area contributed by atoms with Crippen LogP contribution in [-0.2, 0) is 6.42 Å². The summed E-state index contributed by atoms with van der Waals surface area (Å²) >= 11 is 0. The molecule has 0 saturated heterocycles. The number of hydrogen-bond donors (Lipinski definition) is 2. The summed E-state index contributed by atoms with van der Waals surface area (Å²) in [7, 11) is 0. The van der Waals surface area contributed by atoms with Crippen molar-refractivity contribution in [2.24, 2.45) is 5.84 Å². The number of nitrogens with zero attached hydrogens (tertiary/aromatic N) is 3. The molecule has 0 amide bonds. The molecule has 2 heterocycles. The molecule has 0 saturated carbocycles. The van der Waals surface area contributed by atoms with Crippen molar-refractivity contribution in [3.8, 4) is 11.6 Å². The van der Waals surface area contributed by atoms with Crippen LogP contribution in [0.25, 0.3) is 0 Å². The van der Waals surface area contributed by atoms with Crippen molar-refractivity contribution in [2.75, 3.05) is 5.43 Å². The number of hydrogen-bond acceptors (Lipinski definition) is 6. The minimum Gasteiger partial charge on any atom is -0.437 e. The summed E-state index contributed by atoms with van der Waals surface area (Å²) in [5, 5.41) is 0. The third kappa shape index (κ3) is 3.21. The Morgan fingerprint density at radius 2 is 2.05 bits per heavy atom. The first-order chi connectivity index (χ1) is 9.63. The van der Waals surface area contributed by atoms with Crippen LogP contribution in [0.5, 0.6) is 11.6 Å². The van der Waals surface area contributed by atoms with E-state index in [1.165, 1.54) is 0 Å². The summed E-state index contributed by atoms with van der Waals surface area (Å²) in [5.41, 5.74) is 4.29. The normalized spacial score (nSPS) is 10.4. The van der Waals surface area contributed by atoms with E-state index in [0.29, 0.717) is 23.3 Å². The van der Waals surface area contributed by atoms with Crippen LogP contribution in [0, 0.1) is 13.8 Å². The van der Waals surface area contributed by atoms with E-state index < -0.39 is 0 Å². The molecule has 0 radical (unpaired) electrons. The summed E-state index contributed by atoms with van der Waals surface area (Å²) in [6, 6.07) is 3.75. The van der Waals surface area contributed by atoms with Crippen molar-refractivity contribution >= 4 is 5.82 Å². The van der Waals surface area contributed by atoms with Crippen molar-refractivity contribution < 1.29 is 4.74 Å². The molecule has 0 aliphatic rings. The summed E-state index contributed by atoms with van der Waals surface area (Å²) in [6.07, 6.45) is 3.40. The highest BCUT2D eigenvalue weighted by atomic mass is 16.5. The van der Waals surface area contributed by atoms with Gasteiger partial charge in [0.15, 0.2) is 0 Å². The molecule has 0 aromatic carbocycles. The predicted octanol–water partition coefficient (Wildman–Crippen LogP) is 2.52. The maximum Gasteiger partial charge on any atom is 0.227 e. The number of aromatic nitrogens is 3. The molecule has 0 atom stereocenters. The van der Waals surface area contributed by atoms with Crippen LogP contribution in [0.2, 0.25) is 0 Å². The Kier molecular flexibility index (Phi) is 4.47. The molecule has 6 nitrogen and oxygen atoms in total. The second-order valence-corrected chi connectivity index (χ2v) is 4.55. The van der Waals surface area contributed by atoms with E-state index >= 15 is 0 Å². The zero-order valence-electron chi connectivity index (χ0n) is 12.0. The second kappa shape index (κ2) is 6.29. The summed E-state index contributed by atoms with van der Waals surface area (Å²) in [6.45, 7) is 5.86. The lowest BCUT2D eigenvalue weighted by atomic mass is 10.3. The van der Waals surface area contributed by atoms with Crippen LogP contribution in [0.3, 0.4) is 0 Å². The zero-order chi connectivity index (χ0) is 14.5. The summed E-state index contributed by atoms with van der Waals surface area (Å²) in [4.78, 5) is 13.0. The van der Waals surface area contributed by atoms with E-state index in [1.807, 2.05) is 26.0 Å². The Morgan fingerprint density at radius 3 is 2.65 bits per heavy atom. The van der Waals surface area contributed by atoms with Crippen molar-refractivity contribution in [3.05, 3.63) is 35.4 Å². The number of aryl methyl sites for hydroxylation is 2. The van der Waals surface area contributed by atoms with Gasteiger partial charge in [-0.3, -0.25) is 4.98 Å². The quantitative estimate of drug-likeness (QED) is 0.643. The largest absolute Gasteiger partial charge is 0.437 e. The minimum absolute atomic E-state index is 0.502. The smallest absolute Gasteiger partial charge is 0.227 e. The zero-order valence-corrected chi connectivity index (χ0v) is 12.0. The van der Waals surface area contributed by atoms with Gasteiger partial charge in [-0.05, 0) is 32.4 Å². The Balaban J connectivity index is 2.33. The molecule has 106 valence electrons. The van der Waals surface area contributed by atoms with Gasteiger partial charge in [-0.1, -0.05) is 6.92 Å². The molecule has 3 N–H and O–H groups in total. The molecule has 0 bridgehead atoms. The van der Waals surface area contributed by atoms with Crippen LogP contribution < -0.4 is 16.0 Å². The molecule has 0 aliphatic carbocycles. The maximum absolute atomic E-state index is 5.78. The molecule has 0 spiro atoms. The Hall–Kier alpha value is -2.21. The third-order valence-corrected chi connectivity index (χ3v) is 2.86. The van der Waals surface area contributed by atoms with Gasteiger partial charge < -0.3 is 10.2 Å². The first-order valence-corrected chi connectivity index (χ1v) is 6.58. The molecular weight excluding hydrogens is 254 g/mol. The van der Waals surface area contributed by atoms with Gasteiger partial charge in [-0.15, -0.1) is 0 Å². The van der Waals surface area contributed by atoms with Gasteiger partial charge in [0.2, 0.25) is 5.88 Å². The number of nitrogen functional groups attached to an aromatic ring is 1. The van der Waals surface area contributed by atoms with E-state index in [-0.39, 0.29) is 0 Å². The highest BCUT2D eigenvalue weighted by Crippen LogP contribution is 2.26. The van der Waals surface area contributed by atoms with Gasteiger partial charge in [0.05, 0.1) is 11.8 Å². The number of ether oxygens (including phenoxy) is 1.